The van der Waals surface area contributed by atoms with Gasteiger partial charge in [0.25, 0.3) is 0 Å². The third-order valence-electron chi connectivity index (χ3n) is 3.20. The molecule has 1 aliphatic heterocycles. The van der Waals surface area contributed by atoms with Crippen molar-refractivity contribution in [1.29, 1.82) is 0 Å². The Hall–Kier alpha value is -2.27. The summed E-state index contributed by atoms with van der Waals surface area (Å²) >= 11 is 0. The van der Waals surface area contributed by atoms with Crippen LogP contribution in [0.2, 0.25) is 0 Å². The maximum absolute atomic E-state index is 12.3. The van der Waals surface area contributed by atoms with Crippen molar-refractivity contribution in [3.63, 3.8) is 0 Å². The normalized spacial score (nSPS) is 16.9. The molecule has 0 aromatic carbocycles. The number of rotatable bonds is 3. The van der Waals surface area contributed by atoms with Gasteiger partial charge < -0.3 is 4.74 Å². The highest BCUT2D eigenvalue weighted by atomic mass is 16.5. The summed E-state index contributed by atoms with van der Waals surface area (Å²) in [7, 11) is 0. The standard InChI is InChI=1S/C13H18N2O3.CO2/c1-3-9-8-11-12(16)10(13(17)18-4-2)6-5-7-15(11)14-9;2-1-3/h8,10H,3-7H2,1-2H3;. The fraction of sp³-hybridized carbons (Fsp3) is 0.571. The molecule has 2 heterocycles. The van der Waals surface area contributed by atoms with Gasteiger partial charge in [-0.3, -0.25) is 14.3 Å². The number of hydrogen-bond acceptors (Lipinski definition) is 6. The topological polar surface area (TPSA) is 95.3 Å². The molecule has 0 bridgehead atoms. The smallest absolute Gasteiger partial charge is 0.373 e. The Labute approximate surface area is 122 Å². The van der Waals surface area contributed by atoms with Crippen LogP contribution in [0, 0.1) is 5.92 Å². The summed E-state index contributed by atoms with van der Waals surface area (Å²) in [5.41, 5.74) is 1.44. The van der Waals surface area contributed by atoms with Crippen molar-refractivity contribution in [2.45, 2.75) is 39.7 Å². The van der Waals surface area contributed by atoms with E-state index < -0.39 is 11.9 Å². The number of nitrogens with zero attached hydrogens (tertiary/aromatic N) is 2. The molecule has 7 nitrogen and oxygen atoms in total. The van der Waals surface area contributed by atoms with Gasteiger partial charge in [-0.2, -0.15) is 14.7 Å². The molecule has 0 saturated carbocycles. The number of aryl methyl sites for hydroxylation is 2. The number of carbonyl (C=O) groups excluding carboxylic acids is 4. The lowest BCUT2D eigenvalue weighted by Gasteiger charge is -2.10. The predicted molar refractivity (Wildman–Crippen MR) is 70.3 cm³/mol. The van der Waals surface area contributed by atoms with Crippen molar-refractivity contribution in [3.8, 4) is 0 Å². The van der Waals surface area contributed by atoms with E-state index in [1.54, 1.807) is 17.7 Å². The number of Topliss-reactive ketones (excluding diaryl/α,β-unsaturated/α-hetero) is 1. The van der Waals surface area contributed by atoms with Crippen LogP contribution in [0.15, 0.2) is 6.07 Å². The Bertz CT molecular complexity index is 544. The zero-order valence-corrected chi connectivity index (χ0v) is 12.1. The zero-order chi connectivity index (χ0) is 15.8. The molecule has 0 spiro atoms. The van der Waals surface area contributed by atoms with Gasteiger partial charge in [0.15, 0.2) is 5.78 Å². The van der Waals surface area contributed by atoms with Crippen LogP contribution in [0.1, 0.15) is 42.9 Å². The molecule has 21 heavy (non-hydrogen) atoms. The molecule has 0 N–H and O–H groups in total. The number of carbonyl (C=O) groups is 2. The Balaban J connectivity index is 0.000000677. The average Bonchev–Trinajstić information content (AvgIpc) is 2.81. The van der Waals surface area contributed by atoms with Crippen molar-refractivity contribution in [1.82, 2.24) is 9.78 Å². The molecule has 7 heteroatoms. The highest BCUT2D eigenvalue weighted by molar-refractivity contribution is 6.07. The van der Waals surface area contributed by atoms with E-state index in [2.05, 4.69) is 5.10 Å². The number of fused-ring (bicyclic) bond motifs is 1. The van der Waals surface area contributed by atoms with Gasteiger partial charge >= 0.3 is 12.1 Å². The molecule has 1 aromatic heterocycles. The summed E-state index contributed by atoms with van der Waals surface area (Å²) in [4.78, 5) is 40.3. The first-order valence-corrected chi connectivity index (χ1v) is 6.85. The average molecular weight is 294 g/mol. The highest BCUT2D eigenvalue weighted by Gasteiger charge is 2.33. The van der Waals surface area contributed by atoms with Crippen LogP contribution in [-0.4, -0.2) is 34.3 Å². The SMILES string of the molecule is CCOC(=O)C1CCCn2nc(CC)cc2C1=O.O=C=O. The molecule has 0 radical (unpaired) electrons. The number of ketones is 1. The molecule has 0 aliphatic carbocycles. The van der Waals surface area contributed by atoms with Crippen LogP contribution in [0.4, 0.5) is 0 Å². The lowest BCUT2D eigenvalue weighted by molar-refractivity contribution is -0.191. The van der Waals surface area contributed by atoms with Crippen LogP contribution in [0.25, 0.3) is 0 Å². The van der Waals surface area contributed by atoms with Gasteiger partial charge in [0, 0.05) is 6.54 Å². The van der Waals surface area contributed by atoms with Crippen molar-refractivity contribution in [3.05, 3.63) is 17.5 Å². The number of esters is 1. The van der Waals surface area contributed by atoms with Crippen molar-refractivity contribution < 1.29 is 23.9 Å². The Morgan fingerprint density at radius 2 is 2.14 bits per heavy atom. The lowest BCUT2D eigenvalue weighted by atomic mass is 9.97. The van der Waals surface area contributed by atoms with E-state index in [9.17, 15) is 9.59 Å². The van der Waals surface area contributed by atoms with E-state index in [0.717, 1.165) is 18.5 Å². The van der Waals surface area contributed by atoms with Gasteiger partial charge in [0.2, 0.25) is 0 Å². The molecule has 0 fully saturated rings. The molecule has 1 unspecified atom stereocenters. The van der Waals surface area contributed by atoms with Gasteiger partial charge in [0.05, 0.1) is 12.3 Å². The quantitative estimate of drug-likeness (QED) is 0.610. The lowest BCUT2D eigenvalue weighted by Crippen LogP contribution is -2.26. The first kappa shape index (κ1) is 16.8. The van der Waals surface area contributed by atoms with Crippen LogP contribution in [0.5, 0.6) is 0 Å². The molecule has 0 saturated heterocycles. The monoisotopic (exact) mass is 294 g/mol. The van der Waals surface area contributed by atoms with E-state index in [1.807, 2.05) is 6.92 Å². The summed E-state index contributed by atoms with van der Waals surface area (Å²) in [6.07, 6.45) is 2.35. The number of ether oxygens (including phenoxy) is 1. The molecule has 0 amide bonds. The number of hydrogen-bond donors (Lipinski definition) is 0. The summed E-state index contributed by atoms with van der Waals surface area (Å²) in [5, 5.41) is 4.36. The Morgan fingerprint density at radius 1 is 1.48 bits per heavy atom. The minimum Gasteiger partial charge on any atom is -0.465 e. The molecule has 1 aliphatic rings. The fourth-order valence-electron chi connectivity index (χ4n) is 2.23. The third kappa shape index (κ3) is 4.10. The van der Waals surface area contributed by atoms with Gasteiger partial charge in [0.1, 0.15) is 11.6 Å². The molecule has 1 aromatic rings. The number of aromatic nitrogens is 2. The minimum absolute atomic E-state index is 0.154. The van der Waals surface area contributed by atoms with E-state index in [0.29, 0.717) is 25.3 Å². The third-order valence-corrected chi connectivity index (χ3v) is 3.20. The largest absolute Gasteiger partial charge is 0.465 e. The van der Waals surface area contributed by atoms with Gasteiger partial charge in [-0.15, -0.1) is 0 Å². The first-order valence-electron chi connectivity index (χ1n) is 6.85. The van der Waals surface area contributed by atoms with E-state index in [-0.39, 0.29) is 11.9 Å². The summed E-state index contributed by atoms with van der Waals surface area (Å²) in [6, 6.07) is 1.79. The zero-order valence-electron chi connectivity index (χ0n) is 12.1. The first-order chi connectivity index (χ1) is 10.1. The predicted octanol–water partition coefficient (Wildman–Crippen LogP) is 1.02. The van der Waals surface area contributed by atoms with E-state index >= 15 is 0 Å². The second-order valence-corrected chi connectivity index (χ2v) is 4.49. The minimum atomic E-state index is -0.660. The van der Waals surface area contributed by atoms with Crippen LogP contribution in [-0.2, 0) is 32.1 Å². The molecular formula is C14H18N2O5. The van der Waals surface area contributed by atoms with Gasteiger partial charge in [-0.1, -0.05) is 6.92 Å². The second-order valence-electron chi connectivity index (χ2n) is 4.49. The summed E-state index contributed by atoms with van der Waals surface area (Å²) < 4.78 is 6.69. The molecule has 114 valence electrons. The summed E-state index contributed by atoms with van der Waals surface area (Å²) in [6.45, 7) is 4.74. The van der Waals surface area contributed by atoms with Crippen LogP contribution < -0.4 is 0 Å². The maximum Gasteiger partial charge on any atom is 0.373 e. The van der Waals surface area contributed by atoms with Crippen molar-refractivity contribution in [2.75, 3.05) is 6.61 Å². The van der Waals surface area contributed by atoms with Crippen molar-refractivity contribution in [2.24, 2.45) is 5.92 Å². The fourth-order valence-corrected chi connectivity index (χ4v) is 2.23. The van der Waals surface area contributed by atoms with E-state index in [4.69, 9.17) is 14.3 Å². The Morgan fingerprint density at radius 3 is 2.71 bits per heavy atom. The molecule has 2 rings (SSSR count). The van der Waals surface area contributed by atoms with Gasteiger partial charge in [-0.25, -0.2) is 0 Å². The van der Waals surface area contributed by atoms with Gasteiger partial charge in [-0.05, 0) is 32.3 Å². The highest BCUT2D eigenvalue weighted by Crippen LogP contribution is 2.22. The second kappa shape index (κ2) is 8.11. The molecule has 1 atom stereocenters. The Kier molecular flexibility index (Phi) is 6.49. The van der Waals surface area contributed by atoms with Crippen LogP contribution in [0.3, 0.4) is 0 Å². The van der Waals surface area contributed by atoms with Crippen molar-refractivity contribution >= 4 is 17.9 Å². The maximum atomic E-state index is 12.3. The molecular weight excluding hydrogens is 276 g/mol. The van der Waals surface area contributed by atoms with Crippen LogP contribution >= 0.6 is 0 Å². The van der Waals surface area contributed by atoms with E-state index in [1.165, 1.54) is 0 Å². The summed E-state index contributed by atoms with van der Waals surface area (Å²) in [5.74, 6) is -1.22.